The van der Waals surface area contributed by atoms with Crippen LogP contribution in [0.1, 0.15) is 5.56 Å². The Bertz CT molecular complexity index is 1300. The predicted octanol–water partition coefficient (Wildman–Crippen LogP) is 3.45. The van der Waals surface area contributed by atoms with Gasteiger partial charge in [0.25, 0.3) is 11.6 Å². The highest BCUT2D eigenvalue weighted by atomic mass is 19.4. The van der Waals surface area contributed by atoms with Crippen molar-refractivity contribution < 1.29 is 32.0 Å². The Morgan fingerprint density at radius 2 is 1.76 bits per heavy atom. The lowest BCUT2D eigenvalue weighted by atomic mass is 10.1. The number of benzene rings is 2. The summed E-state index contributed by atoms with van der Waals surface area (Å²) in [7, 11) is 0. The van der Waals surface area contributed by atoms with Crippen LogP contribution in [-0.2, 0) is 11.0 Å². The summed E-state index contributed by atoms with van der Waals surface area (Å²) in [5, 5.41) is 12.0. The summed E-state index contributed by atoms with van der Waals surface area (Å²) in [5.74, 6) is 0.0189. The minimum absolute atomic E-state index is 0.0685. The van der Waals surface area contributed by atoms with Crippen LogP contribution >= 0.6 is 0 Å². The van der Waals surface area contributed by atoms with E-state index in [0.717, 1.165) is 12.1 Å². The number of nitro benzene ring substituents is 1. The second-order valence-corrected chi connectivity index (χ2v) is 7.57. The molecule has 178 valence electrons. The average Bonchev–Trinajstić information content (AvgIpc) is 2.81. The zero-order chi connectivity index (χ0) is 24.5. The fourth-order valence-electron chi connectivity index (χ4n) is 3.68. The third kappa shape index (κ3) is 4.95. The van der Waals surface area contributed by atoms with Crippen LogP contribution in [0.4, 0.5) is 24.5 Å². The molecule has 0 bridgehead atoms. The van der Waals surface area contributed by atoms with Gasteiger partial charge in [0.1, 0.15) is 17.0 Å². The molecule has 1 saturated heterocycles. The molecule has 0 spiro atoms. The van der Waals surface area contributed by atoms with E-state index in [4.69, 9.17) is 9.15 Å². The first-order valence-corrected chi connectivity index (χ1v) is 10.2. The van der Waals surface area contributed by atoms with Crippen molar-refractivity contribution in [3.05, 3.63) is 74.6 Å². The summed E-state index contributed by atoms with van der Waals surface area (Å²) >= 11 is 0. The predicted molar refractivity (Wildman–Crippen MR) is 115 cm³/mol. The Labute approximate surface area is 190 Å². The highest BCUT2D eigenvalue weighted by molar-refractivity contribution is 5.80. The van der Waals surface area contributed by atoms with E-state index in [2.05, 4.69) is 0 Å². The molecule has 1 aliphatic heterocycles. The van der Waals surface area contributed by atoms with Gasteiger partial charge in [0.15, 0.2) is 6.61 Å². The molecule has 4 rings (SSSR count). The van der Waals surface area contributed by atoms with Gasteiger partial charge in [0.05, 0.1) is 10.5 Å². The largest absolute Gasteiger partial charge is 0.484 e. The van der Waals surface area contributed by atoms with E-state index in [1.165, 1.54) is 17.0 Å². The molecule has 0 atom stereocenters. The minimum atomic E-state index is -4.69. The summed E-state index contributed by atoms with van der Waals surface area (Å²) in [6, 6.07) is 10.1. The SMILES string of the molecule is O=C(COc1ccc2ccc(=O)oc2c1)N1CCN(c2ccc(C(F)(F)F)cc2[N+](=O)[O-])CC1. The Morgan fingerprint density at radius 1 is 1.06 bits per heavy atom. The molecular formula is C22H18F3N3O6. The van der Waals surface area contributed by atoms with Crippen molar-refractivity contribution in [2.45, 2.75) is 6.18 Å². The fourth-order valence-corrected chi connectivity index (χ4v) is 3.68. The number of anilines is 1. The van der Waals surface area contributed by atoms with E-state index in [0.29, 0.717) is 22.8 Å². The Hall–Kier alpha value is -4.09. The second-order valence-electron chi connectivity index (χ2n) is 7.57. The van der Waals surface area contributed by atoms with Crippen LogP contribution in [0.15, 0.2) is 57.7 Å². The number of fused-ring (bicyclic) bond motifs is 1. The van der Waals surface area contributed by atoms with E-state index >= 15 is 0 Å². The number of hydrogen-bond donors (Lipinski definition) is 0. The number of nitro groups is 1. The zero-order valence-corrected chi connectivity index (χ0v) is 17.6. The molecule has 1 aromatic heterocycles. The smallest absolute Gasteiger partial charge is 0.416 e. The van der Waals surface area contributed by atoms with Crippen molar-refractivity contribution in [2.75, 3.05) is 37.7 Å². The number of ether oxygens (including phenoxy) is 1. The van der Waals surface area contributed by atoms with Crippen molar-refractivity contribution >= 4 is 28.3 Å². The maximum atomic E-state index is 12.9. The number of carbonyl (C=O) groups excluding carboxylic acids is 1. The van der Waals surface area contributed by atoms with Crippen molar-refractivity contribution in [1.29, 1.82) is 0 Å². The molecule has 0 aliphatic carbocycles. The Balaban J connectivity index is 1.38. The molecule has 0 N–H and O–H groups in total. The van der Waals surface area contributed by atoms with Crippen LogP contribution in [-0.4, -0.2) is 48.5 Å². The van der Waals surface area contributed by atoms with Crippen LogP contribution in [0, 0.1) is 10.1 Å². The Kier molecular flexibility index (Phi) is 6.14. The number of piperazine rings is 1. The van der Waals surface area contributed by atoms with Crippen LogP contribution in [0.5, 0.6) is 5.75 Å². The number of alkyl halides is 3. The lowest BCUT2D eigenvalue weighted by molar-refractivity contribution is -0.384. The first-order valence-electron chi connectivity index (χ1n) is 10.2. The van der Waals surface area contributed by atoms with Gasteiger partial charge in [0, 0.05) is 49.8 Å². The number of carbonyl (C=O) groups is 1. The molecule has 1 amide bonds. The molecular weight excluding hydrogens is 459 g/mol. The zero-order valence-electron chi connectivity index (χ0n) is 17.6. The summed E-state index contributed by atoms with van der Waals surface area (Å²) < 4.78 is 49.4. The molecule has 0 unspecified atom stereocenters. The molecule has 2 aromatic carbocycles. The number of rotatable bonds is 5. The average molecular weight is 477 g/mol. The minimum Gasteiger partial charge on any atom is -0.484 e. The van der Waals surface area contributed by atoms with Gasteiger partial charge < -0.3 is 19.0 Å². The third-order valence-corrected chi connectivity index (χ3v) is 5.43. The molecule has 2 heterocycles. The molecule has 9 nitrogen and oxygen atoms in total. The standard InChI is InChI=1S/C22H18F3N3O6/c23-22(24,25)15-3-5-17(18(11-15)28(31)32)26-7-9-27(10-8-26)20(29)13-33-16-4-1-14-2-6-21(30)34-19(14)12-16/h1-6,11-12H,7-10,13H2. The van der Waals surface area contributed by atoms with Crippen molar-refractivity contribution in [1.82, 2.24) is 4.90 Å². The van der Waals surface area contributed by atoms with Crippen molar-refractivity contribution in [3.8, 4) is 5.75 Å². The maximum absolute atomic E-state index is 12.9. The second kappa shape index (κ2) is 9.04. The summed E-state index contributed by atoms with van der Waals surface area (Å²) in [5.41, 5.74) is -1.85. The van der Waals surface area contributed by atoms with Crippen molar-refractivity contribution in [3.63, 3.8) is 0 Å². The van der Waals surface area contributed by atoms with E-state index in [9.17, 15) is 32.9 Å². The van der Waals surface area contributed by atoms with Crippen LogP contribution < -0.4 is 15.3 Å². The van der Waals surface area contributed by atoms with Gasteiger partial charge in [-0.25, -0.2) is 4.79 Å². The first kappa shape index (κ1) is 23.1. The van der Waals surface area contributed by atoms with Crippen LogP contribution in [0.3, 0.4) is 0 Å². The van der Waals surface area contributed by atoms with E-state index in [-0.39, 0.29) is 44.4 Å². The van der Waals surface area contributed by atoms with Gasteiger partial charge in [-0.2, -0.15) is 13.2 Å². The molecule has 34 heavy (non-hydrogen) atoms. The van der Waals surface area contributed by atoms with Crippen molar-refractivity contribution in [2.24, 2.45) is 0 Å². The van der Waals surface area contributed by atoms with E-state index in [1.54, 1.807) is 23.1 Å². The topological polar surface area (TPSA) is 106 Å². The lowest BCUT2D eigenvalue weighted by Gasteiger charge is -2.35. The number of amides is 1. The van der Waals surface area contributed by atoms with E-state index in [1.807, 2.05) is 0 Å². The molecule has 3 aromatic rings. The monoisotopic (exact) mass is 477 g/mol. The molecule has 0 saturated carbocycles. The van der Waals surface area contributed by atoms with Gasteiger partial charge in [-0.05, 0) is 30.3 Å². The first-order chi connectivity index (χ1) is 16.1. The highest BCUT2D eigenvalue weighted by Gasteiger charge is 2.34. The van der Waals surface area contributed by atoms with Gasteiger partial charge in [-0.15, -0.1) is 0 Å². The van der Waals surface area contributed by atoms with Gasteiger partial charge >= 0.3 is 11.8 Å². The maximum Gasteiger partial charge on any atom is 0.416 e. The van der Waals surface area contributed by atoms with Gasteiger partial charge in [-0.1, -0.05) is 0 Å². The van der Waals surface area contributed by atoms with Gasteiger partial charge in [0.2, 0.25) is 0 Å². The Morgan fingerprint density at radius 3 is 2.44 bits per heavy atom. The molecule has 1 aliphatic rings. The molecule has 0 radical (unpaired) electrons. The van der Waals surface area contributed by atoms with Crippen LogP contribution in [0.25, 0.3) is 11.0 Å². The molecule has 1 fully saturated rings. The lowest BCUT2D eigenvalue weighted by Crippen LogP contribution is -2.50. The van der Waals surface area contributed by atoms with Crippen LogP contribution in [0.2, 0.25) is 0 Å². The molecule has 12 heteroatoms. The number of hydrogen-bond acceptors (Lipinski definition) is 7. The fraction of sp³-hybridized carbons (Fsp3) is 0.273. The van der Waals surface area contributed by atoms with Gasteiger partial charge in [-0.3, -0.25) is 14.9 Å². The number of halogens is 3. The number of nitrogens with zero attached hydrogens (tertiary/aromatic N) is 3. The summed E-state index contributed by atoms with van der Waals surface area (Å²) in [6.45, 7) is 0.571. The quantitative estimate of drug-likeness (QED) is 0.315. The third-order valence-electron chi connectivity index (χ3n) is 5.43. The summed E-state index contributed by atoms with van der Waals surface area (Å²) in [6.07, 6.45) is -4.69. The van der Waals surface area contributed by atoms with E-state index < -0.39 is 28.0 Å². The highest BCUT2D eigenvalue weighted by Crippen LogP contribution is 2.36. The normalized spacial score (nSPS) is 14.3. The summed E-state index contributed by atoms with van der Waals surface area (Å²) in [4.78, 5) is 37.5.